The van der Waals surface area contributed by atoms with Gasteiger partial charge in [0.15, 0.2) is 10.8 Å². The van der Waals surface area contributed by atoms with Crippen molar-refractivity contribution >= 4 is 17.5 Å². The number of nitrogens with zero attached hydrogens (tertiary/aromatic N) is 3. The third-order valence-electron chi connectivity index (χ3n) is 1.26. The number of anilines is 1. The van der Waals surface area contributed by atoms with Crippen molar-refractivity contribution in [3.63, 3.8) is 0 Å². The zero-order valence-electron chi connectivity index (χ0n) is 6.43. The SMILES string of the molecule is N#Cc1c(Cl)nc(N)nc1C(F)(F)F. The molecule has 0 aliphatic heterocycles. The van der Waals surface area contributed by atoms with Gasteiger partial charge < -0.3 is 5.73 Å². The molecule has 0 amide bonds. The normalized spacial score (nSPS) is 11.1. The number of alkyl halides is 3. The number of hydrogen-bond donors (Lipinski definition) is 1. The molecular formula is C6H2ClF3N4. The Morgan fingerprint density at radius 1 is 1.36 bits per heavy atom. The van der Waals surface area contributed by atoms with Crippen molar-refractivity contribution in [1.82, 2.24) is 9.97 Å². The van der Waals surface area contributed by atoms with E-state index in [-0.39, 0.29) is 0 Å². The van der Waals surface area contributed by atoms with Crippen LogP contribution in [0.5, 0.6) is 0 Å². The maximum absolute atomic E-state index is 12.2. The molecule has 0 unspecified atom stereocenters. The van der Waals surface area contributed by atoms with E-state index in [1.807, 2.05) is 0 Å². The van der Waals surface area contributed by atoms with Gasteiger partial charge in [0, 0.05) is 0 Å². The highest BCUT2D eigenvalue weighted by Gasteiger charge is 2.37. The number of nitriles is 1. The lowest BCUT2D eigenvalue weighted by Crippen LogP contribution is -2.14. The van der Waals surface area contributed by atoms with Crippen LogP contribution in [0.25, 0.3) is 0 Å². The van der Waals surface area contributed by atoms with Crippen LogP contribution in [0.4, 0.5) is 19.1 Å². The highest BCUT2D eigenvalue weighted by Crippen LogP contribution is 2.32. The quantitative estimate of drug-likeness (QED) is 0.677. The van der Waals surface area contributed by atoms with E-state index in [0.29, 0.717) is 0 Å². The molecule has 0 saturated carbocycles. The molecule has 1 aromatic rings. The van der Waals surface area contributed by atoms with Crippen molar-refractivity contribution in [3.05, 3.63) is 16.4 Å². The maximum Gasteiger partial charge on any atom is 0.434 e. The van der Waals surface area contributed by atoms with Crippen LogP contribution >= 0.6 is 11.6 Å². The Bertz CT molecular complexity index is 409. The summed E-state index contributed by atoms with van der Waals surface area (Å²) in [5.41, 5.74) is 2.72. The van der Waals surface area contributed by atoms with Gasteiger partial charge in [-0.15, -0.1) is 0 Å². The van der Waals surface area contributed by atoms with Gasteiger partial charge in [0.25, 0.3) is 0 Å². The number of nitrogens with two attached hydrogens (primary N) is 1. The summed E-state index contributed by atoms with van der Waals surface area (Å²) in [5, 5.41) is 7.79. The molecule has 0 aromatic carbocycles. The molecule has 0 spiro atoms. The van der Waals surface area contributed by atoms with Crippen molar-refractivity contribution in [2.75, 3.05) is 5.73 Å². The predicted octanol–water partition coefficient (Wildman–Crippen LogP) is 1.60. The minimum absolute atomic E-state index is 0.604. The lowest BCUT2D eigenvalue weighted by molar-refractivity contribution is -0.141. The molecular weight excluding hydrogens is 221 g/mol. The number of hydrogen-bond acceptors (Lipinski definition) is 4. The van der Waals surface area contributed by atoms with E-state index in [1.165, 1.54) is 6.07 Å². The number of halogens is 4. The Labute approximate surface area is 81.1 Å². The Morgan fingerprint density at radius 3 is 2.36 bits per heavy atom. The second kappa shape index (κ2) is 3.31. The first kappa shape index (κ1) is 10.5. The molecule has 74 valence electrons. The van der Waals surface area contributed by atoms with Crippen LogP contribution in [-0.4, -0.2) is 9.97 Å². The molecule has 0 fully saturated rings. The van der Waals surface area contributed by atoms with E-state index in [1.54, 1.807) is 0 Å². The lowest BCUT2D eigenvalue weighted by Gasteiger charge is -2.08. The third-order valence-corrected chi connectivity index (χ3v) is 1.54. The summed E-state index contributed by atoms with van der Waals surface area (Å²) in [5.74, 6) is -0.624. The zero-order valence-corrected chi connectivity index (χ0v) is 7.19. The van der Waals surface area contributed by atoms with E-state index in [9.17, 15) is 13.2 Å². The molecule has 2 N–H and O–H groups in total. The molecule has 8 heteroatoms. The smallest absolute Gasteiger partial charge is 0.368 e. The number of nitrogen functional groups attached to an aromatic ring is 1. The van der Waals surface area contributed by atoms with Crippen LogP contribution in [0.2, 0.25) is 5.15 Å². The highest BCUT2D eigenvalue weighted by atomic mass is 35.5. The Morgan fingerprint density at radius 2 is 1.93 bits per heavy atom. The van der Waals surface area contributed by atoms with Gasteiger partial charge in [-0.3, -0.25) is 0 Å². The fourth-order valence-electron chi connectivity index (χ4n) is 0.754. The summed E-state index contributed by atoms with van der Waals surface area (Å²) in [6, 6.07) is 1.27. The van der Waals surface area contributed by atoms with Gasteiger partial charge in [0.1, 0.15) is 11.6 Å². The largest absolute Gasteiger partial charge is 0.434 e. The van der Waals surface area contributed by atoms with Gasteiger partial charge in [-0.2, -0.15) is 23.4 Å². The molecule has 0 saturated heterocycles. The van der Waals surface area contributed by atoms with Crippen molar-refractivity contribution in [3.8, 4) is 6.07 Å². The lowest BCUT2D eigenvalue weighted by atomic mass is 10.2. The number of aromatic nitrogens is 2. The van der Waals surface area contributed by atoms with Gasteiger partial charge in [0.2, 0.25) is 5.95 Å². The van der Waals surface area contributed by atoms with E-state index in [0.717, 1.165) is 0 Å². The highest BCUT2D eigenvalue weighted by molar-refractivity contribution is 6.30. The van der Waals surface area contributed by atoms with Gasteiger partial charge in [0.05, 0.1) is 0 Å². The van der Waals surface area contributed by atoms with E-state index < -0.39 is 28.5 Å². The summed E-state index contributed by atoms with van der Waals surface area (Å²) in [6.45, 7) is 0. The minimum Gasteiger partial charge on any atom is -0.368 e. The van der Waals surface area contributed by atoms with Crippen LogP contribution in [0.3, 0.4) is 0 Å². The average Bonchev–Trinajstić information content (AvgIpc) is 2.01. The van der Waals surface area contributed by atoms with Gasteiger partial charge in [-0.05, 0) is 0 Å². The summed E-state index contributed by atoms with van der Waals surface area (Å²) < 4.78 is 36.7. The summed E-state index contributed by atoms with van der Waals surface area (Å²) in [4.78, 5) is 6.14. The van der Waals surface area contributed by atoms with Crippen molar-refractivity contribution in [1.29, 1.82) is 5.26 Å². The third kappa shape index (κ3) is 1.85. The summed E-state index contributed by atoms with van der Waals surface area (Å²) in [6.07, 6.45) is -4.77. The van der Waals surface area contributed by atoms with Gasteiger partial charge in [-0.1, -0.05) is 11.6 Å². The summed E-state index contributed by atoms with van der Waals surface area (Å²) in [7, 11) is 0. The fraction of sp³-hybridized carbons (Fsp3) is 0.167. The van der Waals surface area contributed by atoms with Crippen LogP contribution in [-0.2, 0) is 6.18 Å². The Kier molecular flexibility index (Phi) is 2.49. The first-order valence-electron chi connectivity index (χ1n) is 3.16. The van der Waals surface area contributed by atoms with Gasteiger partial charge >= 0.3 is 6.18 Å². The topological polar surface area (TPSA) is 75.6 Å². The average molecular weight is 223 g/mol. The standard InChI is InChI=1S/C6H2ClF3N4/c7-4-2(1-11)3(6(8,9)10)13-5(12)14-4/h(H2,12,13,14). The molecule has 0 bridgehead atoms. The van der Waals surface area contributed by atoms with Crippen LogP contribution in [0.1, 0.15) is 11.3 Å². The van der Waals surface area contributed by atoms with Crippen LogP contribution in [0.15, 0.2) is 0 Å². The molecule has 0 atom stereocenters. The molecule has 4 nitrogen and oxygen atoms in total. The van der Waals surface area contributed by atoms with Crippen molar-refractivity contribution < 1.29 is 13.2 Å². The summed E-state index contributed by atoms with van der Waals surface area (Å²) >= 11 is 5.29. The molecule has 0 aliphatic carbocycles. The molecule has 0 aliphatic rings. The Balaban J connectivity index is 3.50. The van der Waals surface area contributed by atoms with E-state index >= 15 is 0 Å². The first-order chi connectivity index (χ1) is 6.36. The predicted molar refractivity (Wildman–Crippen MR) is 41.2 cm³/mol. The van der Waals surface area contributed by atoms with Crippen molar-refractivity contribution in [2.24, 2.45) is 0 Å². The second-order valence-electron chi connectivity index (χ2n) is 2.21. The first-order valence-corrected chi connectivity index (χ1v) is 3.54. The van der Waals surface area contributed by atoms with Crippen LogP contribution < -0.4 is 5.73 Å². The monoisotopic (exact) mass is 222 g/mol. The van der Waals surface area contributed by atoms with Crippen molar-refractivity contribution in [2.45, 2.75) is 6.18 Å². The molecule has 0 radical (unpaired) electrons. The van der Waals surface area contributed by atoms with E-state index in [4.69, 9.17) is 22.6 Å². The molecule has 1 rings (SSSR count). The van der Waals surface area contributed by atoms with Crippen LogP contribution in [0, 0.1) is 11.3 Å². The molecule has 1 heterocycles. The Hall–Kier alpha value is -1.55. The molecule has 14 heavy (non-hydrogen) atoms. The number of rotatable bonds is 0. The fourth-order valence-corrected chi connectivity index (χ4v) is 0.972. The maximum atomic E-state index is 12.2. The zero-order chi connectivity index (χ0) is 10.9. The minimum atomic E-state index is -4.77. The molecule has 1 aromatic heterocycles. The van der Waals surface area contributed by atoms with Gasteiger partial charge in [-0.25, -0.2) is 4.98 Å². The van der Waals surface area contributed by atoms with E-state index in [2.05, 4.69) is 9.97 Å². The second-order valence-corrected chi connectivity index (χ2v) is 2.56.